The minimum Gasteiger partial charge on any atom is -0.339 e. The van der Waals surface area contributed by atoms with Crippen molar-refractivity contribution in [2.75, 3.05) is 39.3 Å². The lowest BCUT2D eigenvalue weighted by Crippen LogP contribution is -2.53. The fraction of sp³-hybridized carbons (Fsp3) is 0.722. The van der Waals surface area contributed by atoms with Gasteiger partial charge in [-0.2, -0.15) is 5.10 Å². The average molecular weight is 347 g/mol. The van der Waals surface area contributed by atoms with Crippen LogP contribution in [0.2, 0.25) is 0 Å². The maximum atomic E-state index is 12.7. The second kappa shape index (κ2) is 7.15. The molecule has 2 fully saturated rings. The van der Waals surface area contributed by atoms with Gasteiger partial charge < -0.3 is 15.1 Å². The van der Waals surface area contributed by atoms with E-state index in [4.69, 9.17) is 0 Å². The molecule has 1 N–H and O–H groups in total. The summed E-state index contributed by atoms with van der Waals surface area (Å²) in [6.45, 7) is 10.1. The van der Waals surface area contributed by atoms with Gasteiger partial charge in [0, 0.05) is 44.3 Å². The molecule has 0 aromatic carbocycles. The third-order valence-corrected chi connectivity index (χ3v) is 4.97. The third kappa shape index (κ3) is 4.03. The zero-order chi connectivity index (χ0) is 18.0. The lowest BCUT2D eigenvalue weighted by atomic mass is 9.94. The number of piperidine rings is 1. The van der Waals surface area contributed by atoms with E-state index in [0.717, 1.165) is 25.9 Å². The number of rotatable bonds is 2. The number of aromatic nitrogens is 2. The van der Waals surface area contributed by atoms with Gasteiger partial charge in [0.2, 0.25) is 5.91 Å². The summed E-state index contributed by atoms with van der Waals surface area (Å²) in [5.74, 6) is 0.110. The second-order valence-corrected chi connectivity index (χ2v) is 8.02. The van der Waals surface area contributed by atoms with Crippen LogP contribution >= 0.6 is 0 Å². The Morgan fingerprint density at radius 1 is 1.16 bits per heavy atom. The number of piperazine rings is 1. The van der Waals surface area contributed by atoms with Crippen molar-refractivity contribution in [1.29, 1.82) is 0 Å². The molecule has 2 saturated heterocycles. The molecule has 0 spiro atoms. The Hall–Kier alpha value is -1.89. The monoisotopic (exact) mass is 347 g/mol. The molecule has 2 amide bonds. The van der Waals surface area contributed by atoms with Crippen LogP contribution in [0.4, 0.5) is 0 Å². The van der Waals surface area contributed by atoms with Crippen molar-refractivity contribution in [3.05, 3.63) is 18.0 Å². The van der Waals surface area contributed by atoms with Crippen molar-refractivity contribution in [1.82, 2.24) is 24.9 Å². The van der Waals surface area contributed by atoms with Crippen LogP contribution in [0.5, 0.6) is 0 Å². The highest BCUT2D eigenvalue weighted by atomic mass is 16.2. The number of carbonyl (C=O) groups excluding carboxylic acids is 2. The van der Waals surface area contributed by atoms with Crippen LogP contribution < -0.4 is 5.32 Å². The highest BCUT2D eigenvalue weighted by Crippen LogP contribution is 2.20. The number of carbonyl (C=O) groups is 2. The van der Waals surface area contributed by atoms with Crippen molar-refractivity contribution in [3.8, 4) is 0 Å². The molecule has 1 atom stereocenters. The maximum absolute atomic E-state index is 12.7. The van der Waals surface area contributed by atoms with Crippen molar-refractivity contribution in [2.24, 2.45) is 5.41 Å². The summed E-state index contributed by atoms with van der Waals surface area (Å²) in [7, 11) is 0. The zero-order valence-corrected chi connectivity index (χ0v) is 15.5. The van der Waals surface area contributed by atoms with Gasteiger partial charge in [0.15, 0.2) is 0 Å². The highest BCUT2D eigenvalue weighted by molar-refractivity contribution is 5.92. The molecule has 2 aliphatic heterocycles. The summed E-state index contributed by atoms with van der Waals surface area (Å²) in [4.78, 5) is 28.7. The predicted molar refractivity (Wildman–Crippen MR) is 95.3 cm³/mol. The first-order chi connectivity index (χ1) is 11.9. The molecule has 3 heterocycles. The van der Waals surface area contributed by atoms with Gasteiger partial charge in [0.05, 0.1) is 6.04 Å². The molecule has 0 saturated carbocycles. The molecule has 3 rings (SSSR count). The first kappa shape index (κ1) is 17.9. The van der Waals surface area contributed by atoms with Crippen LogP contribution in [0.25, 0.3) is 0 Å². The van der Waals surface area contributed by atoms with Crippen molar-refractivity contribution in [2.45, 2.75) is 39.7 Å². The fourth-order valence-corrected chi connectivity index (χ4v) is 3.46. The minimum atomic E-state index is -0.376. The molecule has 25 heavy (non-hydrogen) atoms. The summed E-state index contributed by atoms with van der Waals surface area (Å²) in [6, 6.07) is 2.14. The predicted octanol–water partition coefficient (Wildman–Crippen LogP) is 1.14. The maximum Gasteiger partial charge on any atom is 0.274 e. The lowest BCUT2D eigenvalue weighted by Gasteiger charge is -2.37. The topological polar surface area (TPSA) is 70.5 Å². The Morgan fingerprint density at radius 3 is 2.44 bits per heavy atom. The van der Waals surface area contributed by atoms with E-state index in [-0.39, 0.29) is 17.2 Å². The quantitative estimate of drug-likeness (QED) is 0.871. The number of amides is 2. The molecule has 0 aliphatic carbocycles. The second-order valence-electron chi connectivity index (χ2n) is 8.02. The zero-order valence-electron chi connectivity index (χ0n) is 15.5. The number of hydrogen-bond acceptors (Lipinski definition) is 4. The Balaban J connectivity index is 1.58. The van der Waals surface area contributed by atoms with E-state index < -0.39 is 0 Å². The van der Waals surface area contributed by atoms with Gasteiger partial charge in [-0.3, -0.25) is 14.3 Å². The van der Waals surface area contributed by atoms with Crippen LogP contribution in [-0.2, 0) is 4.79 Å². The number of nitrogens with zero attached hydrogens (tertiary/aromatic N) is 4. The smallest absolute Gasteiger partial charge is 0.274 e. The lowest BCUT2D eigenvalue weighted by molar-refractivity contribution is -0.140. The molecular formula is C18H29N5O2. The van der Waals surface area contributed by atoms with E-state index in [1.54, 1.807) is 4.90 Å². The Morgan fingerprint density at radius 2 is 1.84 bits per heavy atom. The molecule has 7 heteroatoms. The van der Waals surface area contributed by atoms with Gasteiger partial charge >= 0.3 is 0 Å². The number of nitrogens with one attached hydrogen (secondary N) is 1. The van der Waals surface area contributed by atoms with Crippen molar-refractivity contribution < 1.29 is 9.59 Å². The first-order valence-electron chi connectivity index (χ1n) is 9.21. The molecule has 1 aromatic heterocycles. The van der Waals surface area contributed by atoms with E-state index in [1.807, 2.05) is 42.6 Å². The largest absolute Gasteiger partial charge is 0.339 e. The van der Waals surface area contributed by atoms with E-state index >= 15 is 0 Å². The Kier molecular flexibility index (Phi) is 5.13. The number of hydrogen-bond donors (Lipinski definition) is 1. The molecule has 0 bridgehead atoms. The van der Waals surface area contributed by atoms with Gasteiger partial charge in [-0.1, -0.05) is 20.8 Å². The SMILES string of the molecule is CC(C)(C)C(=O)N1CCN(C(=O)c2ccn(C3CCCNC3)n2)CC1. The summed E-state index contributed by atoms with van der Waals surface area (Å²) in [5.41, 5.74) is 0.125. The Bertz CT molecular complexity index is 620. The molecule has 1 aromatic rings. The van der Waals surface area contributed by atoms with Crippen LogP contribution in [-0.4, -0.2) is 70.7 Å². The summed E-state index contributed by atoms with van der Waals surface area (Å²) < 4.78 is 1.92. The van der Waals surface area contributed by atoms with Crippen LogP contribution in [0.3, 0.4) is 0 Å². The molecule has 0 radical (unpaired) electrons. The van der Waals surface area contributed by atoms with E-state index in [9.17, 15) is 9.59 Å². The molecule has 1 unspecified atom stereocenters. The molecule has 7 nitrogen and oxygen atoms in total. The first-order valence-corrected chi connectivity index (χ1v) is 9.21. The average Bonchev–Trinajstić information content (AvgIpc) is 3.11. The van der Waals surface area contributed by atoms with Crippen LogP contribution in [0, 0.1) is 5.41 Å². The standard InChI is InChI=1S/C18H29N5O2/c1-18(2,3)17(25)22-11-9-21(10-12-22)16(24)15-6-8-23(20-15)14-5-4-7-19-13-14/h6,8,14,19H,4-5,7,9-13H2,1-3H3. The molecule has 138 valence electrons. The van der Waals surface area contributed by atoms with Crippen molar-refractivity contribution >= 4 is 11.8 Å². The highest BCUT2D eigenvalue weighted by Gasteiger charge is 2.31. The van der Waals surface area contributed by atoms with Gasteiger partial charge in [0.1, 0.15) is 5.69 Å². The van der Waals surface area contributed by atoms with Crippen LogP contribution in [0.1, 0.15) is 50.1 Å². The van der Waals surface area contributed by atoms with Gasteiger partial charge in [-0.15, -0.1) is 0 Å². The normalized spacial score (nSPS) is 22.1. The van der Waals surface area contributed by atoms with Gasteiger partial charge in [-0.05, 0) is 25.5 Å². The summed E-state index contributed by atoms with van der Waals surface area (Å²) >= 11 is 0. The van der Waals surface area contributed by atoms with E-state index in [1.165, 1.54) is 0 Å². The van der Waals surface area contributed by atoms with Crippen LogP contribution in [0.15, 0.2) is 12.3 Å². The molecular weight excluding hydrogens is 318 g/mol. The van der Waals surface area contributed by atoms with Crippen molar-refractivity contribution in [3.63, 3.8) is 0 Å². The summed E-state index contributed by atoms with van der Waals surface area (Å²) in [6.07, 6.45) is 4.14. The minimum absolute atomic E-state index is 0.0367. The van der Waals surface area contributed by atoms with Gasteiger partial charge in [0.25, 0.3) is 5.91 Å². The summed E-state index contributed by atoms with van der Waals surface area (Å²) in [5, 5.41) is 7.88. The van der Waals surface area contributed by atoms with E-state index in [2.05, 4.69) is 10.4 Å². The van der Waals surface area contributed by atoms with Gasteiger partial charge in [-0.25, -0.2) is 0 Å². The fourth-order valence-electron chi connectivity index (χ4n) is 3.46. The Labute approximate surface area is 149 Å². The van der Waals surface area contributed by atoms with E-state index in [0.29, 0.717) is 37.9 Å². The molecule has 2 aliphatic rings. The third-order valence-electron chi connectivity index (χ3n) is 4.97.